The van der Waals surface area contributed by atoms with Gasteiger partial charge in [0, 0.05) is 42.1 Å². The minimum Gasteiger partial charge on any atom is -0.371 e. The lowest BCUT2D eigenvalue weighted by Gasteiger charge is -2.33. The normalized spacial score (nSPS) is 17.5. The molecule has 4 rings (SSSR count). The van der Waals surface area contributed by atoms with Crippen LogP contribution in [-0.4, -0.2) is 23.1 Å². The Bertz CT molecular complexity index is 819. The molecule has 0 N–H and O–H groups in total. The zero-order valence-electron chi connectivity index (χ0n) is 13.9. The number of halogens is 1. The first kappa shape index (κ1) is 16.9. The highest BCUT2D eigenvalue weighted by Crippen LogP contribution is 2.33. The summed E-state index contributed by atoms with van der Waals surface area (Å²) < 4.78 is 0. The Morgan fingerprint density at radius 1 is 1.12 bits per heavy atom. The monoisotopic (exact) mass is 383 g/mol. The van der Waals surface area contributed by atoms with Gasteiger partial charge in [-0.25, -0.2) is 4.98 Å². The number of benzene rings is 1. The van der Waals surface area contributed by atoms with E-state index in [-0.39, 0.29) is 17.0 Å². The van der Waals surface area contributed by atoms with Gasteiger partial charge in [-0.2, -0.15) is 0 Å². The first-order valence-corrected chi connectivity index (χ1v) is 8.36. The van der Waals surface area contributed by atoms with Crippen LogP contribution in [0.4, 0.5) is 5.69 Å². The third kappa shape index (κ3) is 3.29. The third-order valence-corrected chi connectivity index (χ3v) is 4.65. The van der Waals surface area contributed by atoms with Gasteiger partial charge < -0.3 is 4.90 Å². The molecule has 3 heterocycles. The molecular formula is C20H22BrN3. The van der Waals surface area contributed by atoms with E-state index < -0.39 is 0 Å². The predicted molar refractivity (Wildman–Crippen MR) is 106 cm³/mol. The fourth-order valence-electron chi connectivity index (χ4n) is 3.49. The first-order chi connectivity index (χ1) is 11.3. The number of fused-ring (bicyclic) bond motifs is 1. The molecule has 0 spiro atoms. The Morgan fingerprint density at radius 3 is 2.79 bits per heavy atom. The standard InChI is InChI=1S/C20H21N3.BrH/c1-15-6-5-11-23(14-15)20-12-19(16-7-4-10-21-13-16)22-18-9-3-2-8-17(18)20;/h2-4,7-10,12-13,15H,5-6,11,14H2,1H3;1H. The molecule has 1 aromatic carbocycles. The molecule has 1 aliphatic rings. The Morgan fingerprint density at radius 2 is 2.00 bits per heavy atom. The summed E-state index contributed by atoms with van der Waals surface area (Å²) in [5, 5.41) is 1.24. The van der Waals surface area contributed by atoms with Crippen LogP contribution in [0.3, 0.4) is 0 Å². The van der Waals surface area contributed by atoms with Gasteiger partial charge in [0.15, 0.2) is 0 Å². The van der Waals surface area contributed by atoms with Crippen LogP contribution in [-0.2, 0) is 0 Å². The third-order valence-electron chi connectivity index (χ3n) is 4.65. The lowest BCUT2D eigenvalue weighted by Crippen LogP contribution is -2.34. The topological polar surface area (TPSA) is 29.0 Å². The molecule has 1 aliphatic heterocycles. The number of rotatable bonds is 2. The van der Waals surface area contributed by atoms with Crippen molar-refractivity contribution < 1.29 is 0 Å². The molecule has 1 saturated heterocycles. The van der Waals surface area contributed by atoms with Crippen molar-refractivity contribution in [2.45, 2.75) is 19.8 Å². The van der Waals surface area contributed by atoms with Crippen molar-refractivity contribution in [1.82, 2.24) is 9.97 Å². The number of aromatic nitrogens is 2. The highest BCUT2D eigenvalue weighted by molar-refractivity contribution is 8.93. The first-order valence-electron chi connectivity index (χ1n) is 8.36. The molecule has 1 fully saturated rings. The molecule has 24 heavy (non-hydrogen) atoms. The van der Waals surface area contributed by atoms with Crippen LogP contribution in [0.15, 0.2) is 54.9 Å². The van der Waals surface area contributed by atoms with E-state index in [2.05, 4.69) is 53.2 Å². The van der Waals surface area contributed by atoms with Crippen molar-refractivity contribution in [1.29, 1.82) is 0 Å². The van der Waals surface area contributed by atoms with E-state index in [1.165, 1.54) is 23.9 Å². The maximum Gasteiger partial charge on any atom is 0.0745 e. The van der Waals surface area contributed by atoms with Crippen molar-refractivity contribution in [3.05, 3.63) is 54.9 Å². The lowest BCUT2D eigenvalue weighted by atomic mass is 9.98. The number of hydrogen-bond donors (Lipinski definition) is 0. The molecule has 0 aliphatic carbocycles. The van der Waals surface area contributed by atoms with Crippen LogP contribution < -0.4 is 4.90 Å². The molecule has 0 bridgehead atoms. The summed E-state index contributed by atoms with van der Waals surface area (Å²) in [5.41, 5.74) is 4.44. The maximum atomic E-state index is 4.85. The van der Waals surface area contributed by atoms with Gasteiger partial charge in [0.2, 0.25) is 0 Å². The number of pyridine rings is 2. The van der Waals surface area contributed by atoms with Gasteiger partial charge >= 0.3 is 0 Å². The molecule has 124 valence electrons. The molecule has 2 aromatic heterocycles. The smallest absolute Gasteiger partial charge is 0.0745 e. The van der Waals surface area contributed by atoms with E-state index in [9.17, 15) is 0 Å². The predicted octanol–water partition coefficient (Wildman–Crippen LogP) is 5.11. The van der Waals surface area contributed by atoms with Crippen LogP contribution in [0, 0.1) is 5.92 Å². The second kappa shape index (κ2) is 7.31. The molecule has 1 atom stereocenters. The SMILES string of the molecule is Br.CC1CCCN(c2cc(-c3cccnc3)nc3ccccc23)C1. The number of nitrogens with zero attached hydrogens (tertiary/aromatic N) is 3. The maximum absolute atomic E-state index is 4.85. The van der Waals surface area contributed by atoms with E-state index in [0.29, 0.717) is 0 Å². The fraction of sp³-hybridized carbons (Fsp3) is 0.300. The van der Waals surface area contributed by atoms with Gasteiger partial charge in [-0.15, -0.1) is 17.0 Å². The lowest BCUT2D eigenvalue weighted by molar-refractivity contribution is 0.447. The summed E-state index contributed by atoms with van der Waals surface area (Å²) in [6.07, 6.45) is 6.28. The molecular weight excluding hydrogens is 362 g/mol. The highest BCUT2D eigenvalue weighted by atomic mass is 79.9. The largest absolute Gasteiger partial charge is 0.371 e. The van der Waals surface area contributed by atoms with Crippen LogP contribution >= 0.6 is 17.0 Å². The number of anilines is 1. The van der Waals surface area contributed by atoms with Crippen LogP contribution in [0.25, 0.3) is 22.2 Å². The van der Waals surface area contributed by atoms with Crippen LogP contribution in [0.5, 0.6) is 0 Å². The number of piperidine rings is 1. The molecule has 3 aromatic rings. The zero-order chi connectivity index (χ0) is 15.6. The molecule has 3 nitrogen and oxygen atoms in total. The molecule has 1 unspecified atom stereocenters. The minimum absolute atomic E-state index is 0. The van der Waals surface area contributed by atoms with Crippen molar-refractivity contribution in [3.63, 3.8) is 0 Å². The van der Waals surface area contributed by atoms with Crippen molar-refractivity contribution in [2.24, 2.45) is 5.92 Å². The second-order valence-electron chi connectivity index (χ2n) is 6.48. The van der Waals surface area contributed by atoms with Gasteiger partial charge in [-0.05, 0) is 43.0 Å². The van der Waals surface area contributed by atoms with Gasteiger partial charge in [-0.3, -0.25) is 4.98 Å². The molecule has 0 radical (unpaired) electrons. The van der Waals surface area contributed by atoms with Crippen molar-refractivity contribution in [3.8, 4) is 11.3 Å². The van der Waals surface area contributed by atoms with Gasteiger partial charge in [-0.1, -0.05) is 25.1 Å². The van der Waals surface area contributed by atoms with E-state index in [0.717, 1.165) is 35.8 Å². The van der Waals surface area contributed by atoms with E-state index in [4.69, 9.17) is 4.98 Å². The summed E-state index contributed by atoms with van der Waals surface area (Å²) in [6, 6.07) is 14.7. The minimum atomic E-state index is 0. The zero-order valence-corrected chi connectivity index (χ0v) is 15.6. The Balaban J connectivity index is 0.00000169. The number of para-hydroxylation sites is 1. The van der Waals surface area contributed by atoms with E-state index in [1.807, 2.05) is 12.3 Å². The average molecular weight is 384 g/mol. The van der Waals surface area contributed by atoms with Gasteiger partial charge in [0.1, 0.15) is 0 Å². The van der Waals surface area contributed by atoms with Crippen molar-refractivity contribution >= 4 is 33.6 Å². The molecule has 0 saturated carbocycles. The quantitative estimate of drug-likeness (QED) is 0.615. The van der Waals surface area contributed by atoms with E-state index in [1.54, 1.807) is 6.20 Å². The number of hydrogen-bond acceptors (Lipinski definition) is 3. The average Bonchev–Trinajstić information content (AvgIpc) is 2.61. The van der Waals surface area contributed by atoms with Gasteiger partial charge in [0.05, 0.1) is 11.2 Å². The molecule has 0 amide bonds. The Hall–Kier alpha value is -1.94. The summed E-state index contributed by atoms with van der Waals surface area (Å²) in [6.45, 7) is 4.60. The van der Waals surface area contributed by atoms with E-state index >= 15 is 0 Å². The van der Waals surface area contributed by atoms with Crippen LogP contribution in [0.2, 0.25) is 0 Å². The summed E-state index contributed by atoms with van der Waals surface area (Å²) in [4.78, 5) is 11.6. The highest BCUT2D eigenvalue weighted by Gasteiger charge is 2.19. The summed E-state index contributed by atoms with van der Waals surface area (Å²) in [5.74, 6) is 0.748. The van der Waals surface area contributed by atoms with Crippen molar-refractivity contribution in [2.75, 3.05) is 18.0 Å². The Labute approximate surface area is 153 Å². The summed E-state index contributed by atoms with van der Waals surface area (Å²) >= 11 is 0. The molecule has 4 heteroatoms. The second-order valence-corrected chi connectivity index (χ2v) is 6.48. The van der Waals surface area contributed by atoms with Gasteiger partial charge in [0.25, 0.3) is 0 Å². The fourth-order valence-corrected chi connectivity index (χ4v) is 3.49. The summed E-state index contributed by atoms with van der Waals surface area (Å²) in [7, 11) is 0. The Kier molecular flexibility index (Phi) is 5.14. The van der Waals surface area contributed by atoms with Crippen LogP contribution in [0.1, 0.15) is 19.8 Å².